The van der Waals surface area contributed by atoms with Gasteiger partial charge in [-0.05, 0) is 6.42 Å². The molecule has 0 radical (unpaired) electrons. The van der Waals surface area contributed by atoms with Gasteiger partial charge in [0.2, 0.25) is 0 Å². The van der Waals surface area contributed by atoms with Gasteiger partial charge in [-0.15, -0.1) is 0 Å². The summed E-state index contributed by atoms with van der Waals surface area (Å²) in [6.45, 7) is 10.6. The molecule has 0 aliphatic heterocycles. The number of rotatable bonds is 45. The first kappa shape index (κ1) is 49.5. The maximum Gasteiger partial charge on any atom is 0.397 e. The topological polar surface area (TPSA) is 147 Å². The van der Waals surface area contributed by atoms with E-state index in [1.165, 1.54) is 96.3 Å². The van der Waals surface area contributed by atoms with Crippen molar-refractivity contribution in [1.82, 2.24) is 0 Å². The highest BCUT2D eigenvalue weighted by atomic mass is 32.3. The van der Waals surface area contributed by atoms with E-state index in [2.05, 4.69) is 11.1 Å². The van der Waals surface area contributed by atoms with E-state index >= 15 is 0 Å². The fourth-order valence-electron chi connectivity index (χ4n) is 4.81. The molecule has 0 aliphatic carbocycles. The van der Waals surface area contributed by atoms with E-state index in [4.69, 9.17) is 47.2 Å². The zero-order valence-electron chi connectivity index (χ0n) is 31.5. The SMILES string of the molecule is CCCCCCCCCCCCCCCCCCOCCOCCOCCOCCOCCOCCOCCOCCOCCOS(=O)(=O)O. The smallest absolute Gasteiger partial charge is 0.379 e. The summed E-state index contributed by atoms with van der Waals surface area (Å²) in [6, 6.07) is 0. The first-order chi connectivity index (χ1) is 24.6. The molecule has 0 aromatic rings. The highest BCUT2D eigenvalue weighted by molar-refractivity contribution is 7.80. The van der Waals surface area contributed by atoms with Gasteiger partial charge in [-0.3, -0.25) is 4.55 Å². The molecule has 0 rings (SSSR count). The Morgan fingerprint density at radius 2 is 0.500 bits per heavy atom. The molecular weight excluding hydrogens is 672 g/mol. The molecule has 0 saturated carbocycles. The Morgan fingerprint density at radius 3 is 0.740 bits per heavy atom. The first-order valence-corrected chi connectivity index (χ1v) is 20.7. The number of unbranched alkanes of at least 4 members (excludes halogenated alkanes) is 15. The lowest BCUT2D eigenvalue weighted by molar-refractivity contribution is -0.0254. The van der Waals surface area contributed by atoms with Gasteiger partial charge in [-0.2, -0.15) is 8.42 Å². The minimum atomic E-state index is -4.42. The third-order valence-corrected chi connectivity index (χ3v) is 8.04. The van der Waals surface area contributed by atoms with Gasteiger partial charge in [-0.25, -0.2) is 4.18 Å². The van der Waals surface area contributed by atoms with Crippen LogP contribution in [0, 0.1) is 0 Å². The summed E-state index contributed by atoms with van der Waals surface area (Å²) in [5.41, 5.74) is 0. The highest BCUT2D eigenvalue weighted by Gasteiger charge is 2.03. The van der Waals surface area contributed by atoms with E-state index in [0.717, 1.165) is 13.0 Å². The van der Waals surface area contributed by atoms with Crippen molar-refractivity contribution in [3.8, 4) is 0 Å². The molecule has 302 valence electrons. The average Bonchev–Trinajstić information content (AvgIpc) is 3.09. The van der Waals surface area contributed by atoms with E-state index in [1.54, 1.807) is 0 Å². The zero-order chi connectivity index (χ0) is 36.3. The van der Waals surface area contributed by atoms with Crippen LogP contribution in [0.15, 0.2) is 0 Å². The van der Waals surface area contributed by atoms with Crippen LogP contribution in [0.5, 0.6) is 0 Å². The molecule has 13 nitrogen and oxygen atoms in total. The summed E-state index contributed by atoms with van der Waals surface area (Å²) in [6.07, 6.45) is 22.1. The number of hydrogen-bond acceptors (Lipinski definition) is 12. The summed E-state index contributed by atoms with van der Waals surface area (Å²) in [5, 5.41) is 0. The summed E-state index contributed by atoms with van der Waals surface area (Å²) >= 11 is 0. The van der Waals surface area contributed by atoms with E-state index < -0.39 is 10.4 Å². The van der Waals surface area contributed by atoms with Crippen molar-refractivity contribution in [1.29, 1.82) is 0 Å². The van der Waals surface area contributed by atoms with E-state index in [1.807, 2.05) is 0 Å². The monoisotopic (exact) mass is 746 g/mol. The maximum absolute atomic E-state index is 10.3. The molecule has 0 unspecified atom stereocenters. The van der Waals surface area contributed by atoms with Gasteiger partial charge in [0.25, 0.3) is 0 Å². The van der Waals surface area contributed by atoms with Gasteiger partial charge in [0, 0.05) is 6.61 Å². The van der Waals surface area contributed by atoms with Crippen molar-refractivity contribution in [2.24, 2.45) is 0 Å². The van der Waals surface area contributed by atoms with Crippen LogP contribution in [-0.2, 0) is 57.2 Å². The summed E-state index contributed by atoms with van der Waals surface area (Å²) in [7, 11) is -4.42. The normalized spacial score (nSPS) is 12.0. The van der Waals surface area contributed by atoms with Crippen molar-refractivity contribution >= 4 is 10.4 Å². The second kappa shape index (κ2) is 42.9. The summed E-state index contributed by atoms with van der Waals surface area (Å²) in [5.74, 6) is 0. The Kier molecular flexibility index (Phi) is 42.5. The number of hydrogen-bond donors (Lipinski definition) is 1. The Morgan fingerprint density at radius 1 is 0.300 bits per heavy atom. The lowest BCUT2D eigenvalue weighted by Crippen LogP contribution is -2.15. The van der Waals surface area contributed by atoms with Crippen LogP contribution >= 0.6 is 0 Å². The quantitative estimate of drug-likeness (QED) is 0.0557. The Labute approximate surface area is 304 Å². The minimum Gasteiger partial charge on any atom is -0.379 e. The molecule has 0 aromatic heterocycles. The van der Waals surface area contributed by atoms with Gasteiger partial charge in [-0.1, -0.05) is 103 Å². The molecular formula is C36H74O13S. The molecule has 0 atom stereocenters. The average molecular weight is 747 g/mol. The second-order valence-electron chi connectivity index (χ2n) is 12.1. The van der Waals surface area contributed by atoms with Crippen LogP contribution in [0.25, 0.3) is 0 Å². The van der Waals surface area contributed by atoms with E-state index in [0.29, 0.717) is 99.1 Å². The Hall–Kier alpha value is -0.490. The third-order valence-electron chi connectivity index (χ3n) is 7.58. The zero-order valence-corrected chi connectivity index (χ0v) is 32.3. The lowest BCUT2D eigenvalue weighted by atomic mass is 10.0. The van der Waals surface area contributed by atoms with E-state index in [-0.39, 0.29) is 19.8 Å². The largest absolute Gasteiger partial charge is 0.397 e. The highest BCUT2D eigenvalue weighted by Crippen LogP contribution is 2.13. The third kappa shape index (κ3) is 47.5. The second-order valence-corrected chi connectivity index (χ2v) is 13.2. The molecule has 0 saturated heterocycles. The van der Waals surface area contributed by atoms with Gasteiger partial charge in [0.15, 0.2) is 0 Å². The lowest BCUT2D eigenvalue weighted by Gasteiger charge is -2.09. The first-order valence-electron chi connectivity index (χ1n) is 19.4. The van der Waals surface area contributed by atoms with Crippen LogP contribution in [0.4, 0.5) is 0 Å². The van der Waals surface area contributed by atoms with Crippen LogP contribution in [-0.4, -0.2) is 139 Å². The molecule has 14 heteroatoms. The van der Waals surface area contributed by atoms with Gasteiger partial charge in [0.05, 0.1) is 119 Å². The van der Waals surface area contributed by atoms with E-state index in [9.17, 15) is 8.42 Å². The molecule has 0 fully saturated rings. The van der Waals surface area contributed by atoms with Crippen molar-refractivity contribution in [2.45, 2.75) is 110 Å². The molecule has 1 N–H and O–H groups in total. The summed E-state index contributed by atoms with van der Waals surface area (Å²) in [4.78, 5) is 0. The van der Waals surface area contributed by atoms with Crippen LogP contribution < -0.4 is 0 Å². The predicted molar refractivity (Wildman–Crippen MR) is 194 cm³/mol. The van der Waals surface area contributed by atoms with Gasteiger partial charge < -0.3 is 42.6 Å². The Balaban J connectivity index is 3.06. The van der Waals surface area contributed by atoms with Gasteiger partial charge >= 0.3 is 10.4 Å². The number of ether oxygens (including phenoxy) is 9. The molecule has 50 heavy (non-hydrogen) atoms. The standard InChI is InChI=1S/C36H74O13S/c1-2-3-4-5-6-7-8-9-10-11-12-13-14-15-16-17-18-40-19-20-41-21-22-42-23-24-43-25-26-44-27-28-45-29-30-46-31-32-47-33-34-48-35-36-49-50(37,38)39/h2-36H2,1H3,(H,37,38,39). The molecule has 0 spiro atoms. The van der Waals surface area contributed by atoms with Gasteiger partial charge in [0.1, 0.15) is 0 Å². The molecule has 0 amide bonds. The minimum absolute atomic E-state index is 0.0373. The van der Waals surface area contributed by atoms with Crippen LogP contribution in [0.3, 0.4) is 0 Å². The molecule has 0 aromatic carbocycles. The fourth-order valence-corrected chi connectivity index (χ4v) is 5.09. The molecule has 0 heterocycles. The van der Waals surface area contributed by atoms with Crippen molar-refractivity contribution in [3.63, 3.8) is 0 Å². The molecule has 0 bridgehead atoms. The maximum atomic E-state index is 10.3. The predicted octanol–water partition coefficient (Wildman–Crippen LogP) is 6.22. The molecule has 0 aliphatic rings. The van der Waals surface area contributed by atoms with Crippen molar-refractivity contribution in [2.75, 3.05) is 126 Å². The van der Waals surface area contributed by atoms with Crippen LogP contribution in [0.1, 0.15) is 110 Å². The van der Waals surface area contributed by atoms with Crippen LogP contribution in [0.2, 0.25) is 0 Å². The summed E-state index contributed by atoms with van der Waals surface area (Å²) < 4.78 is 82.1. The Bertz CT molecular complexity index is 731. The fraction of sp³-hybridized carbons (Fsp3) is 1.00. The van der Waals surface area contributed by atoms with Crippen molar-refractivity contribution in [3.05, 3.63) is 0 Å². The van der Waals surface area contributed by atoms with Crippen molar-refractivity contribution < 1.29 is 59.8 Å².